The normalized spacial score (nSPS) is 11.3. The van der Waals surface area contributed by atoms with Crippen molar-refractivity contribution in [2.45, 2.75) is 130 Å². The highest BCUT2D eigenvalue weighted by Gasteiger charge is 2.19. The largest absolute Gasteiger partial charge is 0.462 e. The predicted molar refractivity (Wildman–Crippen MR) is 151 cm³/mol. The van der Waals surface area contributed by atoms with Crippen molar-refractivity contribution < 1.29 is 19.1 Å². The Morgan fingerprint density at radius 3 is 1.17 bits per heavy atom. The lowest BCUT2D eigenvalue weighted by Crippen LogP contribution is -2.15. The molecule has 0 radical (unpaired) electrons. The van der Waals surface area contributed by atoms with Crippen molar-refractivity contribution in [2.24, 2.45) is 11.8 Å². The minimum absolute atomic E-state index is 0.305. The minimum atomic E-state index is -0.430. The van der Waals surface area contributed by atoms with Gasteiger partial charge in [0, 0.05) is 0 Å². The van der Waals surface area contributed by atoms with Crippen LogP contribution in [0.4, 0.5) is 0 Å². The summed E-state index contributed by atoms with van der Waals surface area (Å²) in [6.45, 7) is 9.73. The molecular formula is C32H54O4. The topological polar surface area (TPSA) is 52.6 Å². The molecule has 0 heterocycles. The summed E-state index contributed by atoms with van der Waals surface area (Å²) in [5.74, 6) is 0.574. The standard InChI is InChI=1S/C32H54O4/c1-5-9-17-27(18-10-6-2)21-15-25-35-31(33)29-23-13-14-24-30(29)32(34)36-26-16-22-28(19-11-7-3)20-12-8-4/h13-14,23-24,27-28H,5-12,15-22,25-26H2,1-4H3. The summed E-state index contributed by atoms with van der Waals surface area (Å²) in [6, 6.07) is 6.86. The van der Waals surface area contributed by atoms with E-state index < -0.39 is 11.9 Å². The number of hydrogen-bond acceptors (Lipinski definition) is 4. The summed E-state index contributed by atoms with van der Waals surface area (Å²) in [5.41, 5.74) is 0.611. The Morgan fingerprint density at radius 2 is 0.861 bits per heavy atom. The highest BCUT2D eigenvalue weighted by Crippen LogP contribution is 2.23. The molecule has 0 aliphatic rings. The summed E-state index contributed by atoms with van der Waals surface area (Å²) in [6.07, 6.45) is 18.9. The van der Waals surface area contributed by atoms with E-state index in [1.165, 1.54) is 77.0 Å². The van der Waals surface area contributed by atoms with Gasteiger partial charge in [-0.25, -0.2) is 9.59 Å². The van der Waals surface area contributed by atoms with E-state index in [2.05, 4.69) is 27.7 Å². The molecule has 0 unspecified atom stereocenters. The van der Waals surface area contributed by atoms with E-state index in [1.54, 1.807) is 24.3 Å². The SMILES string of the molecule is CCCCC(CCCC)CCCOC(=O)c1ccccc1C(=O)OCCCC(CCCC)CCCC. The highest BCUT2D eigenvalue weighted by atomic mass is 16.5. The molecule has 4 nitrogen and oxygen atoms in total. The molecule has 0 fully saturated rings. The van der Waals surface area contributed by atoms with E-state index in [-0.39, 0.29) is 0 Å². The van der Waals surface area contributed by atoms with E-state index >= 15 is 0 Å². The first kappa shape index (κ1) is 32.2. The Bertz CT molecular complexity index is 624. The molecule has 0 N–H and O–H groups in total. The van der Waals surface area contributed by atoms with Crippen molar-refractivity contribution in [1.29, 1.82) is 0 Å². The first-order valence-electron chi connectivity index (χ1n) is 15.0. The van der Waals surface area contributed by atoms with Gasteiger partial charge in [0.25, 0.3) is 0 Å². The lowest BCUT2D eigenvalue weighted by atomic mass is 9.92. The molecule has 0 amide bonds. The van der Waals surface area contributed by atoms with Gasteiger partial charge < -0.3 is 9.47 Å². The van der Waals surface area contributed by atoms with Crippen LogP contribution < -0.4 is 0 Å². The number of esters is 2. The van der Waals surface area contributed by atoms with Crippen LogP contribution in [0, 0.1) is 11.8 Å². The third-order valence-electron chi connectivity index (χ3n) is 7.21. The van der Waals surface area contributed by atoms with Gasteiger partial charge in [0.2, 0.25) is 0 Å². The monoisotopic (exact) mass is 502 g/mol. The lowest BCUT2D eigenvalue weighted by molar-refractivity contribution is 0.0445. The van der Waals surface area contributed by atoms with E-state index in [0.29, 0.717) is 24.3 Å². The van der Waals surface area contributed by atoms with Crippen LogP contribution in [0.25, 0.3) is 0 Å². The first-order chi connectivity index (χ1) is 17.6. The van der Waals surface area contributed by atoms with Crippen LogP contribution in [0.1, 0.15) is 151 Å². The summed E-state index contributed by atoms with van der Waals surface area (Å²) in [5, 5.41) is 0. The number of hydrogen-bond donors (Lipinski definition) is 0. The van der Waals surface area contributed by atoms with Gasteiger partial charge in [0.15, 0.2) is 0 Å². The van der Waals surface area contributed by atoms with Gasteiger partial charge in [-0.05, 0) is 49.7 Å². The van der Waals surface area contributed by atoms with Crippen molar-refractivity contribution in [3.05, 3.63) is 35.4 Å². The zero-order valence-electron chi connectivity index (χ0n) is 23.8. The van der Waals surface area contributed by atoms with Crippen molar-refractivity contribution in [2.75, 3.05) is 13.2 Å². The minimum Gasteiger partial charge on any atom is -0.462 e. The fraction of sp³-hybridized carbons (Fsp3) is 0.750. The van der Waals surface area contributed by atoms with E-state index in [9.17, 15) is 9.59 Å². The van der Waals surface area contributed by atoms with Crippen LogP contribution >= 0.6 is 0 Å². The van der Waals surface area contributed by atoms with Crippen LogP contribution in [-0.4, -0.2) is 25.2 Å². The molecule has 1 rings (SSSR count). The second-order valence-electron chi connectivity index (χ2n) is 10.4. The maximum Gasteiger partial charge on any atom is 0.339 e. The number of ether oxygens (including phenoxy) is 2. The Labute approximate surface area is 221 Å². The molecule has 1 aromatic rings. The fourth-order valence-corrected chi connectivity index (χ4v) is 4.91. The third-order valence-corrected chi connectivity index (χ3v) is 7.21. The van der Waals surface area contributed by atoms with Gasteiger partial charge in [-0.3, -0.25) is 0 Å². The Balaban J connectivity index is 2.50. The smallest absolute Gasteiger partial charge is 0.339 e. The maximum absolute atomic E-state index is 12.7. The molecule has 0 saturated heterocycles. The molecule has 0 atom stereocenters. The van der Waals surface area contributed by atoms with Crippen molar-refractivity contribution >= 4 is 11.9 Å². The number of carbonyl (C=O) groups excluding carboxylic acids is 2. The summed E-state index contributed by atoms with van der Waals surface area (Å²) in [4.78, 5) is 25.5. The summed E-state index contributed by atoms with van der Waals surface area (Å²) in [7, 11) is 0. The van der Waals surface area contributed by atoms with Crippen LogP contribution in [-0.2, 0) is 9.47 Å². The van der Waals surface area contributed by atoms with E-state index in [1.807, 2.05) is 0 Å². The van der Waals surface area contributed by atoms with E-state index in [0.717, 1.165) is 37.5 Å². The van der Waals surface area contributed by atoms with E-state index in [4.69, 9.17) is 9.47 Å². The van der Waals surface area contributed by atoms with Crippen LogP contribution in [0.15, 0.2) is 24.3 Å². The van der Waals surface area contributed by atoms with Gasteiger partial charge in [-0.15, -0.1) is 0 Å². The third kappa shape index (κ3) is 14.0. The molecule has 0 aliphatic carbocycles. The van der Waals surface area contributed by atoms with Crippen molar-refractivity contribution in [3.8, 4) is 0 Å². The fourth-order valence-electron chi connectivity index (χ4n) is 4.91. The molecule has 0 aliphatic heterocycles. The number of benzene rings is 1. The zero-order valence-corrected chi connectivity index (χ0v) is 23.8. The second-order valence-corrected chi connectivity index (χ2v) is 10.4. The Kier molecular flexibility index (Phi) is 19.0. The average Bonchev–Trinajstić information content (AvgIpc) is 2.90. The predicted octanol–water partition coefficient (Wildman–Crippen LogP) is 9.55. The molecule has 0 aromatic heterocycles. The first-order valence-corrected chi connectivity index (χ1v) is 15.0. The Morgan fingerprint density at radius 1 is 0.556 bits per heavy atom. The molecule has 36 heavy (non-hydrogen) atoms. The maximum atomic E-state index is 12.7. The van der Waals surface area contributed by atoms with Gasteiger partial charge in [0.05, 0.1) is 24.3 Å². The number of rotatable bonds is 22. The molecular weight excluding hydrogens is 448 g/mol. The van der Waals surface area contributed by atoms with Gasteiger partial charge in [0.1, 0.15) is 0 Å². The van der Waals surface area contributed by atoms with Crippen LogP contribution in [0.2, 0.25) is 0 Å². The average molecular weight is 503 g/mol. The molecule has 0 spiro atoms. The highest BCUT2D eigenvalue weighted by molar-refractivity contribution is 6.03. The molecule has 4 heteroatoms. The van der Waals surface area contributed by atoms with Crippen molar-refractivity contribution in [3.63, 3.8) is 0 Å². The molecule has 1 aromatic carbocycles. The quantitative estimate of drug-likeness (QED) is 0.117. The van der Waals surface area contributed by atoms with Gasteiger partial charge >= 0.3 is 11.9 Å². The summed E-state index contributed by atoms with van der Waals surface area (Å²) >= 11 is 0. The van der Waals surface area contributed by atoms with Gasteiger partial charge in [-0.2, -0.15) is 0 Å². The number of unbranched alkanes of at least 4 members (excludes halogenated alkanes) is 4. The lowest BCUT2D eigenvalue weighted by Gasteiger charge is -2.17. The second kappa shape index (κ2) is 21.3. The molecule has 0 saturated carbocycles. The van der Waals surface area contributed by atoms with Crippen LogP contribution in [0.3, 0.4) is 0 Å². The van der Waals surface area contributed by atoms with Gasteiger partial charge in [-0.1, -0.05) is 117 Å². The summed E-state index contributed by atoms with van der Waals surface area (Å²) < 4.78 is 11.1. The van der Waals surface area contributed by atoms with Crippen LogP contribution in [0.5, 0.6) is 0 Å². The number of carbonyl (C=O) groups is 2. The van der Waals surface area contributed by atoms with Crippen molar-refractivity contribution in [1.82, 2.24) is 0 Å². The Hall–Kier alpha value is -1.84. The molecule has 206 valence electrons. The molecule has 0 bridgehead atoms. The zero-order chi connectivity index (χ0) is 26.4.